The van der Waals surface area contributed by atoms with E-state index in [1.54, 1.807) is 18.2 Å². The Kier molecular flexibility index (Phi) is 4.70. The van der Waals surface area contributed by atoms with Gasteiger partial charge in [0.05, 0.1) is 9.79 Å². The van der Waals surface area contributed by atoms with Crippen molar-refractivity contribution < 1.29 is 18.3 Å². The maximum absolute atomic E-state index is 12.6. The molecule has 0 aliphatic rings. The summed E-state index contributed by atoms with van der Waals surface area (Å²) in [4.78, 5) is 0.255. The van der Waals surface area contributed by atoms with E-state index in [2.05, 4.69) is 5.92 Å². The van der Waals surface area contributed by atoms with E-state index in [0.717, 1.165) is 5.56 Å². The zero-order chi connectivity index (χ0) is 18.7. The van der Waals surface area contributed by atoms with E-state index in [9.17, 15) is 13.5 Å². The van der Waals surface area contributed by atoms with E-state index in [1.807, 2.05) is 19.1 Å². The van der Waals surface area contributed by atoms with Crippen LogP contribution in [0, 0.1) is 19.3 Å². The summed E-state index contributed by atoms with van der Waals surface area (Å²) in [5.74, 6) is 3.67. The van der Waals surface area contributed by atoms with Gasteiger partial charge in [-0.25, -0.2) is 8.42 Å². The average Bonchev–Trinajstić information content (AvgIpc) is 2.62. The van der Waals surface area contributed by atoms with E-state index in [1.165, 1.54) is 36.4 Å². The van der Waals surface area contributed by atoms with Gasteiger partial charge in [-0.1, -0.05) is 5.92 Å². The highest BCUT2D eigenvalue weighted by Gasteiger charge is 2.17. The second kappa shape index (κ2) is 6.95. The standard InChI is InChI=1S/C21H16O4S/c1-3-16-12-15(2)13-19(14-16)25-18-6-10-21(11-7-18)26(23,24)20-8-4-17(22)5-9-20/h1,4-14,22H,2H3. The van der Waals surface area contributed by atoms with Crippen molar-refractivity contribution in [1.82, 2.24) is 0 Å². The van der Waals surface area contributed by atoms with Crippen molar-refractivity contribution in [2.45, 2.75) is 16.7 Å². The molecule has 0 spiro atoms. The Morgan fingerprint density at radius 2 is 1.46 bits per heavy atom. The van der Waals surface area contributed by atoms with Crippen LogP contribution in [0.25, 0.3) is 0 Å². The SMILES string of the molecule is C#Cc1cc(C)cc(Oc2ccc(S(=O)(=O)c3ccc(O)cc3)cc2)c1. The van der Waals surface area contributed by atoms with Gasteiger partial charge in [-0.15, -0.1) is 6.42 Å². The zero-order valence-electron chi connectivity index (χ0n) is 14.0. The predicted octanol–water partition coefficient (Wildman–Crippen LogP) is 4.31. The molecule has 5 heteroatoms. The topological polar surface area (TPSA) is 63.6 Å². The number of phenolic OH excluding ortho intramolecular Hbond substituents is 1. The molecule has 26 heavy (non-hydrogen) atoms. The highest BCUT2D eigenvalue weighted by atomic mass is 32.2. The van der Waals surface area contributed by atoms with Gasteiger partial charge >= 0.3 is 0 Å². The molecule has 0 bridgehead atoms. The molecule has 3 rings (SSSR count). The summed E-state index contributed by atoms with van der Waals surface area (Å²) in [7, 11) is -3.66. The first-order valence-electron chi connectivity index (χ1n) is 7.79. The molecule has 0 saturated heterocycles. The summed E-state index contributed by atoms with van der Waals surface area (Å²) in [6.07, 6.45) is 5.43. The van der Waals surface area contributed by atoms with Crippen molar-refractivity contribution in [2.75, 3.05) is 0 Å². The van der Waals surface area contributed by atoms with Crippen LogP contribution < -0.4 is 4.74 Å². The number of terminal acetylenes is 1. The molecule has 1 N–H and O–H groups in total. The lowest BCUT2D eigenvalue weighted by Crippen LogP contribution is -2.01. The van der Waals surface area contributed by atoms with Gasteiger partial charge in [0, 0.05) is 5.56 Å². The van der Waals surface area contributed by atoms with Crippen LogP contribution in [0.15, 0.2) is 76.5 Å². The average molecular weight is 364 g/mol. The molecule has 130 valence electrons. The molecular weight excluding hydrogens is 348 g/mol. The molecular formula is C21H16O4S. The first-order valence-corrected chi connectivity index (χ1v) is 9.27. The van der Waals surface area contributed by atoms with Crippen molar-refractivity contribution in [1.29, 1.82) is 0 Å². The number of aromatic hydroxyl groups is 1. The first kappa shape index (κ1) is 17.6. The van der Waals surface area contributed by atoms with Crippen LogP contribution in [0.4, 0.5) is 0 Å². The molecule has 0 atom stereocenters. The minimum absolute atomic E-state index is 0.0113. The zero-order valence-corrected chi connectivity index (χ0v) is 14.8. The third-order valence-electron chi connectivity index (χ3n) is 3.73. The first-order chi connectivity index (χ1) is 12.4. The number of sulfone groups is 1. The van der Waals surface area contributed by atoms with Crippen molar-refractivity contribution in [3.8, 4) is 29.6 Å². The number of benzene rings is 3. The summed E-state index contributed by atoms with van der Waals surface area (Å²) in [6, 6.07) is 17.0. The molecule has 3 aromatic rings. The van der Waals surface area contributed by atoms with Crippen LogP contribution in [-0.4, -0.2) is 13.5 Å². The maximum atomic E-state index is 12.6. The van der Waals surface area contributed by atoms with Gasteiger partial charge < -0.3 is 9.84 Å². The summed E-state index contributed by atoms with van der Waals surface area (Å²) in [5, 5.41) is 9.30. The maximum Gasteiger partial charge on any atom is 0.206 e. The quantitative estimate of drug-likeness (QED) is 0.701. The molecule has 4 nitrogen and oxygen atoms in total. The third kappa shape index (κ3) is 3.71. The number of ether oxygens (including phenoxy) is 1. The minimum atomic E-state index is -3.66. The highest BCUT2D eigenvalue weighted by Crippen LogP contribution is 2.27. The lowest BCUT2D eigenvalue weighted by Gasteiger charge is -2.09. The molecule has 3 aromatic carbocycles. The highest BCUT2D eigenvalue weighted by molar-refractivity contribution is 7.91. The molecule has 0 heterocycles. The summed E-state index contributed by atoms with van der Waals surface area (Å²) >= 11 is 0. The van der Waals surface area contributed by atoms with Crippen LogP contribution in [0.2, 0.25) is 0 Å². The monoisotopic (exact) mass is 364 g/mol. The third-order valence-corrected chi connectivity index (χ3v) is 5.52. The Labute approximate surface area is 152 Å². The van der Waals surface area contributed by atoms with Crippen LogP contribution >= 0.6 is 0 Å². The Morgan fingerprint density at radius 3 is 2.04 bits per heavy atom. The Hall–Kier alpha value is -3.23. The number of aryl methyl sites for hydroxylation is 1. The van der Waals surface area contributed by atoms with Gasteiger partial charge in [0.25, 0.3) is 0 Å². The van der Waals surface area contributed by atoms with E-state index >= 15 is 0 Å². The van der Waals surface area contributed by atoms with Gasteiger partial charge in [0.1, 0.15) is 17.2 Å². The summed E-state index contributed by atoms with van der Waals surface area (Å²) in [6.45, 7) is 1.92. The number of phenols is 1. The Morgan fingerprint density at radius 1 is 0.885 bits per heavy atom. The summed E-state index contributed by atoms with van der Waals surface area (Å²) in [5.41, 5.74) is 1.69. The fourth-order valence-electron chi connectivity index (χ4n) is 2.47. The van der Waals surface area contributed by atoms with E-state index < -0.39 is 9.84 Å². The largest absolute Gasteiger partial charge is 0.508 e. The molecule has 0 aliphatic heterocycles. The number of hydrogen-bond acceptors (Lipinski definition) is 4. The molecule has 0 radical (unpaired) electrons. The molecule has 0 unspecified atom stereocenters. The van der Waals surface area contributed by atoms with Crippen molar-refractivity contribution in [2.24, 2.45) is 0 Å². The van der Waals surface area contributed by atoms with Gasteiger partial charge in [-0.05, 0) is 79.2 Å². The fourth-order valence-corrected chi connectivity index (χ4v) is 3.74. The minimum Gasteiger partial charge on any atom is -0.508 e. The van der Waals surface area contributed by atoms with Crippen LogP contribution in [0.5, 0.6) is 17.2 Å². The lowest BCUT2D eigenvalue weighted by atomic mass is 10.1. The van der Waals surface area contributed by atoms with Crippen LogP contribution in [-0.2, 0) is 9.84 Å². The van der Waals surface area contributed by atoms with Crippen LogP contribution in [0.1, 0.15) is 11.1 Å². The number of rotatable bonds is 4. The summed E-state index contributed by atoms with van der Waals surface area (Å²) < 4.78 is 31.0. The molecule has 0 aromatic heterocycles. The number of hydrogen-bond donors (Lipinski definition) is 1. The van der Waals surface area contributed by atoms with Crippen molar-refractivity contribution >= 4 is 9.84 Å². The second-order valence-corrected chi connectivity index (χ2v) is 7.70. The van der Waals surface area contributed by atoms with Gasteiger partial charge in [0.2, 0.25) is 9.84 Å². The molecule has 0 aliphatic carbocycles. The van der Waals surface area contributed by atoms with E-state index in [0.29, 0.717) is 17.1 Å². The van der Waals surface area contributed by atoms with Gasteiger partial charge in [0.15, 0.2) is 0 Å². The molecule has 0 amide bonds. The van der Waals surface area contributed by atoms with Gasteiger partial charge in [-0.2, -0.15) is 0 Å². The van der Waals surface area contributed by atoms with E-state index in [-0.39, 0.29) is 15.5 Å². The van der Waals surface area contributed by atoms with Crippen LogP contribution in [0.3, 0.4) is 0 Å². The van der Waals surface area contributed by atoms with E-state index in [4.69, 9.17) is 11.2 Å². The normalized spacial score (nSPS) is 10.9. The smallest absolute Gasteiger partial charge is 0.206 e. The predicted molar refractivity (Wildman–Crippen MR) is 99.2 cm³/mol. The Bertz CT molecular complexity index is 1070. The lowest BCUT2D eigenvalue weighted by molar-refractivity contribution is 0.475. The van der Waals surface area contributed by atoms with Crippen molar-refractivity contribution in [3.63, 3.8) is 0 Å². The van der Waals surface area contributed by atoms with Crippen molar-refractivity contribution in [3.05, 3.63) is 77.9 Å². The molecule has 0 saturated carbocycles. The van der Waals surface area contributed by atoms with Gasteiger partial charge in [-0.3, -0.25) is 0 Å². The second-order valence-electron chi connectivity index (χ2n) is 5.75. The Balaban J connectivity index is 1.86. The molecule has 0 fully saturated rings. The fraction of sp³-hybridized carbons (Fsp3) is 0.0476.